The molecule has 26 heavy (non-hydrogen) atoms. The molecule has 2 aliphatic carbocycles. The van der Waals surface area contributed by atoms with Crippen molar-refractivity contribution in [2.75, 3.05) is 0 Å². The Hall–Kier alpha value is -0.510. The van der Waals surface area contributed by atoms with Crippen molar-refractivity contribution in [3.63, 3.8) is 0 Å². The van der Waals surface area contributed by atoms with Gasteiger partial charge in [-0.3, -0.25) is 0 Å². The second-order valence-electron chi connectivity index (χ2n) is 9.75. The van der Waals surface area contributed by atoms with Gasteiger partial charge in [-0.2, -0.15) is 5.26 Å². The Morgan fingerprint density at radius 3 is 1.85 bits per heavy atom. The van der Waals surface area contributed by atoms with E-state index < -0.39 is 0 Å². The molecule has 0 aliphatic heterocycles. The molecule has 0 saturated heterocycles. The van der Waals surface area contributed by atoms with E-state index in [4.69, 9.17) is 0 Å². The highest BCUT2D eigenvalue weighted by Gasteiger charge is 2.35. The van der Waals surface area contributed by atoms with Crippen LogP contribution in [0.4, 0.5) is 0 Å². The number of nitrogens with zero attached hydrogens (tertiary/aromatic N) is 1. The molecular formula is C25H45N. The van der Waals surface area contributed by atoms with Gasteiger partial charge in [0.15, 0.2) is 0 Å². The molecule has 1 nitrogen and oxygen atoms in total. The molecule has 0 aromatic heterocycles. The van der Waals surface area contributed by atoms with Crippen molar-refractivity contribution in [1.29, 1.82) is 5.26 Å². The molecule has 2 rings (SSSR count). The van der Waals surface area contributed by atoms with Crippen LogP contribution in [0.15, 0.2) is 0 Å². The molecule has 0 aromatic carbocycles. The Kier molecular flexibility index (Phi) is 10.1. The maximum atomic E-state index is 9.84. The van der Waals surface area contributed by atoms with Crippen LogP contribution in [0.3, 0.4) is 0 Å². The number of nitriles is 1. The van der Waals surface area contributed by atoms with Gasteiger partial charge in [0.2, 0.25) is 0 Å². The summed E-state index contributed by atoms with van der Waals surface area (Å²) in [6, 6.07) is 2.77. The van der Waals surface area contributed by atoms with Gasteiger partial charge in [0, 0.05) is 0 Å². The lowest BCUT2D eigenvalue weighted by Gasteiger charge is -2.37. The Labute approximate surface area is 164 Å². The fraction of sp³-hybridized carbons (Fsp3) is 0.960. The van der Waals surface area contributed by atoms with E-state index >= 15 is 0 Å². The third-order valence-electron chi connectivity index (χ3n) is 7.71. The van der Waals surface area contributed by atoms with Crippen LogP contribution < -0.4 is 0 Å². The molecule has 2 aliphatic rings. The summed E-state index contributed by atoms with van der Waals surface area (Å²) in [6.45, 7) is 4.60. The summed E-state index contributed by atoms with van der Waals surface area (Å²) >= 11 is 0. The molecule has 1 heteroatoms. The van der Waals surface area contributed by atoms with Gasteiger partial charge in [0.25, 0.3) is 0 Å². The number of hydrogen-bond donors (Lipinski definition) is 0. The molecule has 0 spiro atoms. The maximum absolute atomic E-state index is 9.84. The van der Waals surface area contributed by atoms with E-state index in [1.807, 2.05) is 0 Å². The molecule has 0 radical (unpaired) electrons. The summed E-state index contributed by atoms with van der Waals surface area (Å²) in [7, 11) is 0. The SMILES string of the molecule is CCCCCCCC1CCC(CCC2(C#N)CCC(CCC)CC2)CC1. The van der Waals surface area contributed by atoms with E-state index in [9.17, 15) is 5.26 Å². The Balaban J connectivity index is 1.61. The van der Waals surface area contributed by atoms with Gasteiger partial charge in [-0.15, -0.1) is 0 Å². The second-order valence-corrected chi connectivity index (χ2v) is 9.75. The summed E-state index contributed by atoms with van der Waals surface area (Å²) in [5.41, 5.74) is 0.0420. The van der Waals surface area contributed by atoms with Gasteiger partial charge in [0.1, 0.15) is 0 Å². The molecule has 0 unspecified atom stereocenters. The Morgan fingerprint density at radius 2 is 1.27 bits per heavy atom. The van der Waals surface area contributed by atoms with E-state index in [-0.39, 0.29) is 5.41 Å². The van der Waals surface area contributed by atoms with Gasteiger partial charge in [-0.05, 0) is 56.3 Å². The topological polar surface area (TPSA) is 23.8 Å². The summed E-state index contributed by atoms with van der Waals surface area (Å²) in [5, 5.41) is 9.84. The van der Waals surface area contributed by atoms with Crippen molar-refractivity contribution in [2.45, 2.75) is 129 Å². The molecule has 0 atom stereocenters. The van der Waals surface area contributed by atoms with E-state index in [1.54, 1.807) is 0 Å². The van der Waals surface area contributed by atoms with Crippen LogP contribution in [0.5, 0.6) is 0 Å². The predicted molar refractivity (Wildman–Crippen MR) is 113 cm³/mol. The van der Waals surface area contributed by atoms with Crippen LogP contribution in [-0.4, -0.2) is 0 Å². The lowest BCUT2D eigenvalue weighted by molar-refractivity contribution is 0.163. The Bertz CT molecular complexity index is 391. The normalized spacial score (nSPS) is 32.3. The summed E-state index contributed by atoms with van der Waals surface area (Å²) in [4.78, 5) is 0. The number of unbranched alkanes of at least 4 members (excludes halogenated alkanes) is 4. The molecule has 0 bridgehead atoms. The van der Waals surface area contributed by atoms with Crippen molar-refractivity contribution in [3.8, 4) is 6.07 Å². The fourth-order valence-corrected chi connectivity index (χ4v) is 5.67. The minimum absolute atomic E-state index is 0.0420. The molecule has 0 aromatic rings. The van der Waals surface area contributed by atoms with Crippen molar-refractivity contribution in [2.24, 2.45) is 23.2 Å². The van der Waals surface area contributed by atoms with Crippen LogP contribution in [0.25, 0.3) is 0 Å². The highest BCUT2D eigenvalue weighted by molar-refractivity contribution is 5.01. The van der Waals surface area contributed by atoms with Gasteiger partial charge >= 0.3 is 0 Å². The minimum Gasteiger partial charge on any atom is -0.198 e. The molecule has 2 saturated carbocycles. The predicted octanol–water partition coefficient (Wildman–Crippen LogP) is 8.43. The average Bonchev–Trinajstić information content (AvgIpc) is 2.69. The standard InChI is InChI=1S/C25H45N/c1-3-5-6-7-8-10-23-11-13-24(14-12-23)17-20-25(21-26)18-15-22(9-4-2)16-19-25/h22-24H,3-20H2,1-2H3. The zero-order chi connectivity index (χ0) is 18.7. The van der Waals surface area contributed by atoms with Crippen molar-refractivity contribution < 1.29 is 0 Å². The van der Waals surface area contributed by atoms with E-state index in [1.165, 1.54) is 116 Å². The van der Waals surface area contributed by atoms with Crippen LogP contribution in [-0.2, 0) is 0 Å². The van der Waals surface area contributed by atoms with E-state index in [0.29, 0.717) is 0 Å². The van der Waals surface area contributed by atoms with Crippen LogP contribution in [0.2, 0.25) is 0 Å². The second kappa shape index (κ2) is 12.0. The van der Waals surface area contributed by atoms with Crippen LogP contribution >= 0.6 is 0 Å². The lowest BCUT2D eigenvalue weighted by atomic mass is 9.66. The smallest absolute Gasteiger partial charge is 0.0689 e. The van der Waals surface area contributed by atoms with E-state index in [2.05, 4.69) is 19.9 Å². The van der Waals surface area contributed by atoms with Gasteiger partial charge < -0.3 is 0 Å². The fourth-order valence-electron chi connectivity index (χ4n) is 5.67. The van der Waals surface area contributed by atoms with Gasteiger partial charge in [-0.25, -0.2) is 0 Å². The third-order valence-corrected chi connectivity index (χ3v) is 7.71. The Morgan fingerprint density at radius 1 is 0.692 bits per heavy atom. The van der Waals surface area contributed by atoms with Gasteiger partial charge in [-0.1, -0.05) is 90.9 Å². The van der Waals surface area contributed by atoms with Gasteiger partial charge in [0.05, 0.1) is 11.5 Å². The average molecular weight is 360 g/mol. The first-order valence-corrected chi connectivity index (χ1v) is 12.1. The van der Waals surface area contributed by atoms with Crippen LogP contribution in [0.1, 0.15) is 129 Å². The van der Waals surface area contributed by atoms with Crippen molar-refractivity contribution in [3.05, 3.63) is 0 Å². The highest BCUT2D eigenvalue weighted by atomic mass is 14.4. The molecule has 0 heterocycles. The molecular weight excluding hydrogens is 314 g/mol. The van der Waals surface area contributed by atoms with E-state index in [0.717, 1.165) is 17.8 Å². The summed E-state index contributed by atoms with van der Waals surface area (Å²) in [6.07, 6.45) is 24.6. The first kappa shape index (κ1) is 21.8. The van der Waals surface area contributed by atoms with Crippen molar-refractivity contribution in [1.82, 2.24) is 0 Å². The minimum atomic E-state index is 0.0420. The zero-order valence-electron chi connectivity index (χ0n) is 17.9. The quantitative estimate of drug-likeness (QED) is 0.339. The molecule has 0 amide bonds. The molecule has 2 fully saturated rings. The first-order valence-electron chi connectivity index (χ1n) is 12.1. The third kappa shape index (κ3) is 7.25. The first-order chi connectivity index (χ1) is 12.7. The summed E-state index contributed by atoms with van der Waals surface area (Å²) in [5.74, 6) is 2.85. The molecule has 0 N–H and O–H groups in total. The summed E-state index contributed by atoms with van der Waals surface area (Å²) < 4.78 is 0. The molecule has 150 valence electrons. The zero-order valence-corrected chi connectivity index (χ0v) is 17.9. The lowest BCUT2D eigenvalue weighted by Crippen LogP contribution is -2.27. The number of rotatable bonds is 11. The number of hydrogen-bond acceptors (Lipinski definition) is 1. The maximum Gasteiger partial charge on any atom is 0.0689 e. The van der Waals surface area contributed by atoms with Crippen LogP contribution in [0, 0.1) is 34.5 Å². The largest absolute Gasteiger partial charge is 0.198 e. The van der Waals surface area contributed by atoms with Crippen molar-refractivity contribution >= 4 is 0 Å². The monoisotopic (exact) mass is 359 g/mol. The highest BCUT2D eigenvalue weighted by Crippen LogP contribution is 2.45.